The number of nitrogens with zero attached hydrogens (tertiary/aromatic N) is 1. The van der Waals surface area contributed by atoms with Gasteiger partial charge in [0.2, 0.25) is 11.8 Å². The van der Waals surface area contributed by atoms with E-state index in [4.69, 9.17) is 11.6 Å². The number of carbonyl (C=O) groups is 3. The van der Waals surface area contributed by atoms with Crippen LogP contribution in [0.5, 0.6) is 0 Å². The highest BCUT2D eigenvalue weighted by Crippen LogP contribution is 2.18. The molecule has 0 atom stereocenters. The molecule has 1 aromatic carbocycles. The van der Waals surface area contributed by atoms with Gasteiger partial charge in [-0.05, 0) is 18.2 Å². The van der Waals surface area contributed by atoms with Crippen LogP contribution in [-0.2, 0) is 9.59 Å². The lowest BCUT2D eigenvalue weighted by molar-refractivity contribution is -0.134. The number of hydrogen-bond acceptors (Lipinski definition) is 3. The highest BCUT2D eigenvalue weighted by Gasteiger charge is 2.34. The zero-order valence-corrected chi connectivity index (χ0v) is 9.03. The Kier molecular flexibility index (Phi) is 2.75. The molecule has 0 spiro atoms. The molecule has 16 heavy (non-hydrogen) atoms. The summed E-state index contributed by atoms with van der Waals surface area (Å²) in [5.41, 5.74) is 0.246. The smallest absolute Gasteiger partial charge is 0.267 e. The Morgan fingerprint density at radius 1 is 1.19 bits per heavy atom. The largest absolute Gasteiger partial charge is 0.274 e. The van der Waals surface area contributed by atoms with Gasteiger partial charge in [-0.3, -0.25) is 14.4 Å². The minimum absolute atomic E-state index is 0.102. The van der Waals surface area contributed by atoms with E-state index in [2.05, 4.69) is 0 Å². The van der Waals surface area contributed by atoms with Crippen LogP contribution in [0.15, 0.2) is 24.3 Å². The lowest BCUT2D eigenvalue weighted by Crippen LogP contribution is -2.35. The fraction of sp³-hybridized carbons (Fsp3) is 0.182. The summed E-state index contributed by atoms with van der Waals surface area (Å²) < 4.78 is 0. The lowest BCUT2D eigenvalue weighted by atomic mass is 10.2. The number of likely N-dealkylation sites (tertiary alicyclic amines) is 1. The SMILES string of the molecule is O=C1CCC(=O)N1C(=O)c1cccc(Cl)c1. The molecule has 5 heteroatoms. The van der Waals surface area contributed by atoms with Gasteiger partial charge >= 0.3 is 0 Å². The van der Waals surface area contributed by atoms with Gasteiger partial charge in [0.25, 0.3) is 5.91 Å². The molecule has 0 unspecified atom stereocenters. The lowest BCUT2D eigenvalue weighted by Gasteiger charge is -2.11. The highest BCUT2D eigenvalue weighted by molar-refractivity contribution is 6.31. The molecule has 2 rings (SSSR count). The molecule has 0 radical (unpaired) electrons. The van der Waals surface area contributed by atoms with E-state index in [0.717, 1.165) is 0 Å². The van der Waals surface area contributed by atoms with Crippen molar-refractivity contribution in [3.63, 3.8) is 0 Å². The Morgan fingerprint density at radius 2 is 1.81 bits per heavy atom. The Bertz CT molecular complexity index is 468. The first-order valence-corrected chi connectivity index (χ1v) is 5.13. The van der Waals surface area contributed by atoms with Crippen LogP contribution in [0, 0.1) is 0 Å². The van der Waals surface area contributed by atoms with Crippen LogP contribution in [0.4, 0.5) is 0 Å². The maximum Gasteiger partial charge on any atom is 0.267 e. The number of carbonyl (C=O) groups excluding carboxylic acids is 3. The molecule has 0 N–H and O–H groups in total. The number of benzene rings is 1. The van der Waals surface area contributed by atoms with Gasteiger partial charge in [-0.25, -0.2) is 4.90 Å². The first-order valence-electron chi connectivity index (χ1n) is 4.75. The van der Waals surface area contributed by atoms with E-state index < -0.39 is 17.7 Å². The molecule has 0 aromatic heterocycles. The van der Waals surface area contributed by atoms with Crippen LogP contribution < -0.4 is 0 Å². The molecular formula is C11H8ClNO3. The molecule has 1 heterocycles. The van der Waals surface area contributed by atoms with Crippen LogP contribution in [0.3, 0.4) is 0 Å². The first kappa shape index (κ1) is 10.8. The molecule has 1 fully saturated rings. The third-order valence-corrected chi connectivity index (χ3v) is 2.56. The van der Waals surface area contributed by atoms with Crippen LogP contribution in [-0.4, -0.2) is 22.6 Å². The maximum atomic E-state index is 11.8. The molecule has 0 aliphatic carbocycles. The molecule has 1 saturated heterocycles. The summed E-state index contributed by atoms with van der Waals surface area (Å²) >= 11 is 5.73. The highest BCUT2D eigenvalue weighted by atomic mass is 35.5. The van der Waals surface area contributed by atoms with Crippen molar-refractivity contribution in [3.8, 4) is 0 Å². The summed E-state index contributed by atoms with van der Waals surface area (Å²) in [6, 6.07) is 6.17. The monoisotopic (exact) mass is 237 g/mol. The minimum Gasteiger partial charge on any atom is -0.274 e. The first-order chi connectivity index (χ1) is 7.59. The molecule has 1 aromatic rings. The summed E-state index contributed by atoms with van der Waals surface area (Å²) in [6.45, 7) is 0. The van der Waals surface area contributed by atoms with Gasteiger partial charge < -0.3 is 0 Å². The fourth-order valence-corrected chi connectivity index (χ4v) is 1.74. The van der Waals surface area contributed by atoms with Gasteiger partial charge in [0.15, 0.2) is 0 Å². The van der Waals surface area contributed by atoms with Crippen LogP contribution in [0.1, 0.15) is 23.2 Å². The van der Waals surface area contributed by atoms with Crippen molar-refractivity contribution in [2.75, 3.05) is 0 Å². The average Bonchev–Trinajstić information content (AvgIpc) is 2.58. The predicted molar refractivity (Wildman–Crippen MR) is 56.9 cm³/mol. The molecule has 3 amide bonds. The van der Waals surface area contributed by atoms with Crippen molar-refractivity contribution in [1.29, 1.82) is 0 Å². The van der Waals surface area contributed by atoms with Gasteiger partial charge in [-0.1, -0.05) is 17.7 Å². The number of imide groups is 3. The number of rotatable bonds is 1. The third-order valence-electron chi connectivity index (χ3n) is 2.33. The average molecular weight is 238 g/mol. The van der Waals surface area contributed by atoms with Crippen molar-refractivity contribution < 1.29 is 14.4 Å². The van der Waals surface area contributed by atoms with Gasteiger partial charge in [0.1, 0.15) is 0 Å². The van der Waals surface area contributed by atoms with Gasteiger partial charge in [-0.2, -0.15) is 0 Å². The molecule has 4 nitrogen and oxygen atoms in total. The zero-order chi connectivity index (χ0) is 11.7. The maximum absolute atomic E-state index is 11.8. The van der Waals surface area contributed by atoms with E-state index in [1.807, 2.05) is 0 Å². The summed E-state index contributed by atoms with van der Waals surface area (Å²) in [5.74, 6) is -1.50. The van der Waals surface area contributed by atoms with Crippen LogP contribution in [0.25, 0.3) is 0 Å². The van der Waals surface area contributed by atoms with Crippen molar-refractivity contribution in [2.24, 2.45) is 0 Å². The van der Waals surface area contributed by atoms with E-state index in [0.29, 0.717) is 9.92 Å². The minimum atomic E-state index is -0.602. The molecule has 0 bridgehead atoms. The molecule has 82 valence electrons. The second-order valence-corrected chi connectivity index (χ2v) is 3.87. The van der Waals surface area contributed by atoms with Gasteiger partial charge in [0, 0.05) is 23.4 Å². The summed E-state index contributed by atoms with van der Waals surface area (Å²) in [4.78, 5) is 35.2. The van der Waals surface area contributed by atoms with Crippen molar-refractivity contribution >= 4 is 29.3 Å². The van der Waals surface area contributed by atoms with E-state index in [9.17, 15) is 14.4 Å². The summed E-state index contributed by atoms with van der Waals surface area (Å²) in [5, 5.41) is 0.393. The molecular weight excluding hydrogens is 230 g/mol. The zero-order valence-electron chi connectivity index (χ0n) is 8.27. The number of halogens is 1. The van der Waals surface area contributed by atoms with E-state index in [1.54, 1.807) is 12.1 Å². The Hall–Kier alpha value is -1.68. The van der Waals surface area contributed by atoms with E-state index >= 15 is 0 Å². The van der Waals surface area contributed by atoms with Crippen LogP contribution >= 0.6 is 11.6 Å². The molecule has 1 aliphatic heterocycles. The van der Waals surface area contributed by atoms with Crippen molar-refractivity contribution in [2.45, 2.75) is 12.8 Å². The van der Waals surface area contributed by atoms with Crippen molar-refractivity contribution in [3.05, 3.63) is 34.9 Å². The number of amides is 3. The number of hydrogen-bond donors (Lipinski definition) is 0. The van der Waals surface area contributed by atoms with Gasteiger partial charge in [0.05, 0.1) is 0 Å². The Balaban J connectivity index is 2.32. The predicted octanol–water partition coefficient (Wildman–Crippen LogP) is 1.63. The molecule has 0 saturated carbocycles. The summed E-state index contributed by atoms with van der Waals surface area (Å²) in [6.07, 6.45) is 0.205. The van der Waals surface area contributed by atoms with E-state index in [-0.39, 0.29) is 18.4 Å². The topological polar surface area (TPSA) is 54.5 Å². The normalized spacial score (nSPS) is 15.7. The fourth-order valence-electron chi connectivity index (χ4n) is 1.55. The van der Waals surface area contributed by atoms with Crippen molar-refractivity contribution in [1.82, 2.24) is 4.90 Å². The van der Waals surface area contributed by atoms with E-state index in [1.165, 1.54) is 12.1 Å². The Labute approximate surface area is 96.8 Å². The Morgan fingerprint density at radius 3 is 2.38 bits per heavy atom. The third kappa shape index (κ3) is 1.84. The second-order valence-electron chi connectivity index (χ2n) is 3.44. The molecule has 1 aliphatic rings. The second kappa shape index (κ2) is 4.06. The van der Waals surface area contributed by atoms with Crippen LogP contribution in [0.2, 0.25) is 5.02 Å². The summed E-state index contributed by atoms with van der Waals surface area (Å²) in [7, 11) is 0. The standard InChI is InChI=1S/C11H8ClNO3/c12-8-3-1-2-7(6-8)11(16)13-9(14)4-5-10(13)15/h1-3,6H,4-5H2. The quantitative estimate of drug-likeness (QED) is 0.698. The van der Waals surface area contributed by atoms with Gasteiger partial charge in [-0.15, -0.1) is 0 Å².